The monoisotopic (exact) mass is 419 g/mol. The fourth-order valence-corrected chi connectivity index (χ4v) is 4.71. The van der Waals surface area contributed by atoms with Crippen molar-refractivity contribution in [1.29, 1.82) is 0 Å². The lowest BCUT2D eigenvalue weighted by Gasteiger charge is -2.12. The Balaban J connectivity index is 1.86. The van der Waals surface area contributed by atoms with Crippen molar-refractivity contribution in [3.05, 3.63) is 50.9 Å². The molecule has 3 aromatic rings. The summed E-state index contributed by atoms with van der Waals surface area (Å²) in [6.45, 7) is 6.54. The highest BCUT2D eigenvalue weighted by molar-refractivity contribution is 7.99. The second-order valence-electron chi connectivity index (χ2n) is 6.48. The van der Waals surface area contributed by atoms with E-state index >= 15 is 0 Å². The number of carbonyl (C=O) groups excluding carboxylic acids is 1. The van der Waals surface area contributed by atoms with Crippen LogP contribution in [0.4, 0.5) is 10.1 Å². The average Bonchev–Trinajstić information content (AvgIpc) is 2.95. The molecular formula is C20H22FN3O2S2. The van der Waals surface area contributed by atoms with Gasteiger partial charge in [-0.1, -0.05) is 37.2 Å². The second-order valence-corrected chi connectivity index (χ2v) is 8.63. The first-order valence-electron chi connectivity index (χ1n) is 9.10. The molecule has 0 saturated carbocycles. The van der Waals surface area contributed by atoms with Gasteiger partial charge in [-0.15, -0.1) is 11.3 Å². The van der Waals surface area contributed by atoms with Gasteiger partial charge < -0.3 is 5.32 Å². The molecule has 0 radical (unpaired) electrons. The van der Waals surface area contributed by atoms with E-state index in [1.165, 1.54) is 35.2 Å². The summed E-state index contributed by atoms with van der Waals surface area (Å²) < 4.78 is 15.4. The number of anilines is 1. The van der Waals surface area contributed by atoms with E-state index in [9.17, 15) is 14.0 Å². The average molecular weight is 420 g/mol. The zero-order valence-corrected chi connectivity index (χ0v) is 17.7. The van der Waals surface area contributed by atoms with Gasteiger partial charge >= 0.3 is 0 Å². The minimum atomic E-state index is -0.482. The fourth-order valence-electron chi connectivity index (χ4n) is 2.81. The summed E-state index contributed by atoms with van der Waals surface area (Å²) in [6, 6.07) is 6.03. The van der Waals surface area contributed by atoms with Crippen LogP contribution in [0, 0.1) is 19.7 Å². The summed E-state index contributed by atoms with van der Waals surface area (Å²) in [5, 5.41) is 3.75. The van der Waals surface area contributed by atoms with Gasteiger partial charge in [0, 0.05) is 11.4 Å². The minimum Gasteiger partial charge on any atom is -0.323 e. The third-order valence-corrected chi connectivity index (χ3v) is 6.55. The third kappa shape index (κ3) is 4.28. The summed E-state index contributed by atoms with van der Waals surface area (Å²) in [5.41, 5.74) is 1.05. The van der Waals surface area contributed by atoms with Crippen LogP contribution in [-0.2, 0) is 11.3 Å². The Kier molecular flexibility index (Phi) is 6.51. The van der Waals surface area contributed by atoms with E-state index < -0.39 is 5.82 Å². The SMILES string of the molecule is CCCCn1c(SCC(=O)Nc2ccccc2F)nc2sc(C)c(C)c2c1=O. The Hall–Kier alpha value is -2.19. The zero-order chi connectivity index (χ0) is 20.3. The normalized spacial score (nSPS) is 11.1. The van der Waals surface area contributed by atoms with Crippen molar-refractivity contribution >= 4 is 44.9 Å². The molecule has 148 valence electrons. The maximum absolute atomic E-state index is 13.7. The van der Waals surface area contributed by atoms with Gasteiger partial charge in [0.15, 0.2) is 5.16 Å². The van der Waals surface area contributed by atoms with Gasteiger partial charge in [0.05, 0.1) is 16.8 Å². The number of benzene rings is 1. The van der Waals surface area contributed by atoms with Gasteiger partial charge in [-0.2, -0.15) is 0 Å². The number of aryl methyl sites for hydroxylation is 2. The molecule has 0 aliphatic carbocycles. The van der Waals surface area contributed by atoms with E-state index in [1.54, 1.807) is 16.7 Å². The van der Waals surface area contributed by atoms with Crippen molar-refractivity contribution in [2.45, 2.75) is 45.3 Å². The first-order valence-corrected chi connectivity index (χ1v) is 10.9. The number of rotatable bonds is 7. The Morgan fingerprint density at radius 1 is 1.32 bits per heavy atom. The van der Waals surface area contributed by atoms with E-state index in [-0.39, 0.29) is 22.9 Å². The van der Waals surface area contributed by atoms with Crippen LogP contribution in [0.15, 0.2) is 34.2 Å². The number of thiophene rings is 1. The van der Waals surface area contributed by atoms with E-state index in [4.69, 9.17) is 0 Å². The molecule has 0 unspecified atom stereocenters. The number of halogens is 1. The van der Waals surface area contributed by atoms with Crippen molar-refractivity contribution in [2.75, 3.05) is 11.1 Å². The lowest BCUT2D eigenvalue weighted by Crippen LogP contribution is -2.24. The lowest BCUT2D eigenvalue weighted by molar-refractivity contribution is -0.113. The zero-order valence-electron chi connectivity index (χ0n) is 16.0. The molecule has 1 amide bonds. The fraction of sp³-hybridized carbons (Fsp3) is 0.350. The molecule has 0 bridgehead atoms. The summed E-state index contributed by atoms with van der Waals surface area (Å²) in [7, 11) is 0. The Labute approximate surface area is 171 Å². The van der Waals surface area contributed by atoms with Gasteiger partial charge in [0.1, 0.15) is 10.6 Å². The molecule has 0 aliphatic rings. The predicted molar refractivity (Wildman–Crippen MR) is 114 cm³/mol. The van der Waals surface area contributed by atoms with Gasteiger partial charge in [0.25, 0.3) is 5.56 Å². The number of para-hydroxylation sites is 1. The maximum Gasteiger partial charge on any atom is 0.263 e. The van der Waals surface area contributed by atoms with Crippen molar-refractivity contribution < 1.29 is 9.18 Å². The molecule has 28 heavy (non-hydrogen) atoms. The molecule has 0 saturated heterocycles. The highest BCUT2D eigenvalue weighted by atomic mass is 32.2. The minimum absolute atomic E-state index is 0.0434. The van der Waals surface area contributed by atoms with Crippen LogP contribution in [0.1, 0.15) is 30.2 Å². The van der Waals surface area contributed by atoms with Crippen LogP contribution < -0.4 is 10.9 Å². The highest BCUT2D eigenvalue weighted by Gasteiger charge is 2.17. The summed E-state index contributed by atoms with van der Waals surface area (Å²) in [4.78, 5) is 31.7. The van der Waals surface area contributed by atoms with Crippen LogP contribution in [-0.4, -0.2) is 21.2 Å². The molecule has 0 spiro atoms. The lowest BCUT2D eigenvalue weighted by atomic mass is 10.2. The highest BCUT2D eigenvalue weighted by Crippen LogP contribution is 2.28. The molecule has 5 nitrogen and oxygen atoms in total. The van der Waals surface area contributed by atoms with E-state index in [2.05, 4.69) is 17.2 Å². The molecular weight excluding hydrogens is 397 g/mol. The molecule has 8 heteroatoms. The number of nitrogens with one attached hydrogen (secondary N) is 1. The second kappa shape index (κ2) is 8.87. The molecule has 2 heterocycles. The summed E-state index contributed by atoms with van der Waals surface area (Å²) >= 11 is 2.69. The smallest absolute Gasteiger partial charge is 0.263 e. The molecule has 0 aliphatic heterocycles. The molecule has 1 N–H and O–H groups in total. The molecule has 3 rings (SSSR count). The Morgan fingerprint density at radius 3 is 2.79 bits per heavy atom. The van der Waals surface area contributed by atoms with Crippen molar-refractivity contribution in [3.8, 4) is 0 Å². The number of hydrogen-bond donors (Lipinski definition) is 1. The van der Waals surface area contributed by atoms with E-state index in [1.807, 2.05) is 13.8 Å². The number of amides is 1. The third-order valence-electron chi connectivity index (χ3n) is 4.47. The standard InChI is InChI=1S/C20H22FN3O2S2/c1-4-5-10-24-19(26)17-12(2)13(3)28-18(17)23-20(24)27-11-16(25)22-15-9-7-6-8-14(15)21/h6-9H,4-5,10-11H2,1-3H3,(H,22,25). The first-order chi connectivity index (χ1) is 13.4. The first kappa shape index (κ1) is 20.5. The number of thioether (sulfide) groups is 1. The van der Waals surface area contributed by atoms with Crippen LogP contribution in [0.5, 0.6) is 0 Å². The summed E-state index contributed by atoms with van der Waals surface area (Å²) in [5.74, 6) is -0.781. The summed E-state index contributed by atoms with van der Waals surface area (Å²) in [6.07, 6.45) is 1.80. The molecule has 2 aromatic heterocycles. The number of nitrogens with zero attached hydrogens (tertiary/aromatic N) is 2. The number of carbonyl (C=O) groups is 1. The number of hydrogen-bond acceptors (Lipinski definition) is 5. The van der Waals surface area contributed by atoms with Gasteiger partial charge in [0.2, 0.25) is 5.91 Å². The quantitative estimate of drug-likeness (QED) is 0.444. The topological polar surface area (TPSA) is 64.0 Å². The van der Waals surface area contributed by atoms with Crippen LogP contribution >= 0.6 is 23.1 Å². The molecule has 0 atom stereocenters. The predicted octanol–water partition coefficient (Wildman–Crippen LogP) is 4.74. The molecule has 0 fully saturated rings. The number of fused-ring (bicyclic) bond motifs is 1. The number of aromatic nitrogens is 2. The van der Waals surface area contributed by atoms with Gasteiger partial charge in [-0.25, -0.2) is 9.37 Å². The van der Waals surface area contributed by atoms with Crippen LogP contribution in [0.2, 0.25) is 0 Å². The van der Waals surface area contributed by atoms with Gasteiger partial charge in [-0.05, 0) is 38.0 Å². The van der Waals surface area contributed by atoms with Crippen LogP contribution in [0.25, 0.3) is 10.2 Å². The largest absolute Gasteiger partial charge is 0.323 e. The van der Waals surface area contributed by atoms with Crippen molar-refractivity contribution in [3.63, 3.8) is 0 Å². The Morgan fingerprint density at radius 2 is 2.07 bits per heavy atom. The van der Waals surface area contributed by atoms with Crippen molar-refractivity contribution in [2.24, 2.45) is 0 Å². The number of unbranched alkanes of at least 4 members (excludes halogenated alkanes) is 1. The van der Waals surface area contributed by atoms with E-state index in [0.717, 1.165) is 23.3 Å². The van der Waals surface area contributed by atoms with Crippen LogP contribution in [0.3, 0.4) is 0 Å². The van der Waals surface area contributed by atoms with Gasteiger partial charge in [-0.3, -0.25) is 14.2 Å². The van der Waals surface area contributed by atoms with E-state index in [0.29, 0.717) is 21.9 Å². The molecule has 1 aromatic carbocycles. The maximum atomic E-state index is 13.7. The Bertz CT molecular complexity index is 1080. The van der Waals surface area contributed by atoms with Crippen molar-refractivity contribution in [1.82, 2.24) is 9.55 Å².